The summed E-state index contributed by atoms with van der Waals surface area (Å²) in [4.78, 5) is 15.4. The number of aromatic nitrogens is 3. The van der Waals surface area contributed by atoms with Gasteiger partial charge in [0.2, 0.25) is 0 Å². The Bertz CT molecular complexity index is 2130. The highest BCUT2D eigenvalue weighted by Crippen LogP contribution is 2.37. The van der Waals surface area contributed by atoms with E-state index in [1.807, 2.05) is 36.4 Å². The summed E-state index contributed by atoms with van der Waals surface area (Å²) in [5.41, 5.74) is 10.3. The standard InChI is InChI=1S/C38H26N4/c1-3-9-26(10-4-1)33-14-7-15-34(40-33)29-18-16-25-20-21-31-36(30-19-17-27-13-8-22-39-35(27)24-30)41-38(28-11-5-2-6-12-28)42-37(31)32(25)23-29/h1-21,23-24,39H,22H2. The van der Waals surface area contributed by atoms with Gasteiger partial charge in [0.15, 0.2) is 5.82 Å². The van der Waals surface area contributed by atoms with Gasteiger partial charge in [0.05, 0.1) is 22.6 Å². The SMILES string of the molecule is C1=Cc2ccc(-c3nc(-c4ccccc4)nc4c3ccc3ccc(-c5cccc(-c6ccccc6)n5)cc34)cc2NC1. The number of rotatable bonds is 4. The van der Waals surface area contributed by atoms with E-state index in [0.29, 0.717) is 5.82 Å². The summed E-state index contributed by atoms with van der Waals surface area (Å²) in [5, 5.41) is 6.74. The van der Waals surface area contributed by atoms with Crippen LogP contribution < -0.4 is 5.32 Å². The Morgan fingerprint density at radius 3 is 2.10 bits per heavy atom. The van der Waals surface area contributed by atoms with E-state index in [1.165, 1.54) is 5.56 Å². The normalized spacial score (nSPS) is 12.3. The van der Waals surface area contributed by atoms with Crippen molar-refractivity contribution in [2.24, 2.45) is 0 Å². The van der Waals surface area contributed by atoms with Gasteiger partial charge in [-0.3, -0.25) is 0 Å². The number of anilines is 1. The molecule has 1 aliphatic rings. The van der Waals surface area contributed by atoms with E-state index in [2.05, 4.69) is 108 Å². The first-order chi connectivity index (χ1) is 20.8. The zero-order valence-electron chi connectivity index (χ0n) is 22.8. The lowest BCUT2D eigenvalue weighted by Crippen LogP contribution is -2.04. The highest BCUT2D eigenvalue weighted by atomic mass is 14.9. The first-order valence-electron chi connectivity index (χ1n) is 14.2. The van der Waals surface area contributed by atoms with Gasteiger partial charge < -0.3 is 5.32 Å². The number of nitrogens with one attached hydrogen (secondary N) is 1. The molecule has 3 heterocycles. The summed E-state index contributed by atoms with van der Waals surface area (Å²) in [6, 6.07) is 44.1. The molecule has 0 saturated carbocycles. The average Bonchev–Trinajstić information content (AvgIpc) is 3.08. The zero-order chi connectivity index (χ0) is 27.9. The van der Waals surface area contributed by atoms with Crippen LogP contribution in [0.2, 0.25) is 0 Å². The molecular weight excluding hydrogens is 512 g/mol. The molecule has 5 aromatic carbocycles. The molecule has 0 spiro atoms. The Morgan fingerprint density at radius 2 is 1.26 bits per heavy atom. The van der Waals surface area contributed by atoms with Crippen LogP contribution >= 0.6 is 0 Å². The summed E-state index contributed by atoms with van der Waals surface area (Å²) >= 11 is 0. The average molecular weight is 539 g/mol. The van der Waals surface area contributed by atoms with Crippen LogP contribution in [0.4, 0.5) is 5.69 Å². The molecule has 4 heteroatoms. The van der Waals surface area contributed by atoms with Crippen molar-refractivity contribution >= 4 is 33.4 Å². The number of fused-ring (bicyclic) bond motifs is 4. The van der Waals surface area contributed by atoms with Crippen molar-refractivity contribution in [1.82, 2.24) is 15.0 Å². The van der Waals surface area contributed by atoms with Crippen LogP contribution in [0, 0.1) is 0 Å². The second-order valence-electron chi connectivity index (χ2n) is 10.5. The highest BCUT2D eigenvalue weighted by Gasteiger charge is 2.16. The third-order valence-corrected chi connectivity index (χ3v) is 7.86. The van der Waals surface area contributed by atoms with E-state index >= 15 is 0 Å². The fourth-order valence-corrected chi connectivity index (χ4v) is 5.73. The van der Waals surface area contributed by atoms with Crippen molar-refractivity contribution in [3.8, 4) is 45.2 Å². The Kier molecular flexibility index (Phi) is 5.82. The molecule has 0 saturated heterocycles. The molecule has 0 fully saturated rings. The Balaban J connectivity index is 1.35. The molecule has 4 nitrogen and oxygen atoms in total. The molecule has 8 rings (SSSR count). The smallest absolute Gasteiger partial charge is 0.160 e. The number of nitrogens with zero attached hydrogens (tertiary/aromatic N) is 3. The largest absolute Gasteiger partial charge is 0.381 e. The fourth-order valence-electron chi connectivity index (χ4n) is 5.73. The first-order valence-corrected chi connectivity index (χ1v) is 14.2. The Labute approximate surface area is 244 Å². The van der Waals surface area contributed by atoms with Gasteiger partial charge in [-0.05, 0) is 41.3 Å². The minimum Gasteiger partial charge on any atom is -0.381 e. The third-order valence-electron chi connectivity index (χ3n) is 7.86. The maximum absolute atomic E-state index is 5.19. The molecule has 0 atom stereocenters. The van der Waals surface area contributed by atoms with Crippen LogP contribution in [0.25, 0.3) is 72.9 Å². The lowest BCUT2D eigenvalue weighted by Gasteiger charge is -2.16. The van der Waals surface area contributed by atoms with Crippen molar-refractivity contribution in [3.05, 3.63) is 139 Å². The number of benzene rings is 5. The molecule has 0 unspecified atom stereocenters. The molecule has 42 heavy (non-hydrogen) atoms. The second-order valence-corrected chi connectivity index (χ2v) is 10.5. The van der Waals surface area contributed by atoms with Crippen molar-refractivity contribution in [3.63, 3.8) is 0 Å². The quantitative estimate of drug-likeness (QED) is 0.227. The van der Waals surface area contributed by atoms with E-state index in [1.54, 1.807) is 0 Å². The van der Waals surface area contributed by atoms with Crippen LogP contribution in [0.5, 0.6) is 0 Å². The molecule has 2 aromatic heterocycles. The molecule has 1 aliphatic heterocycles. The van der Waals surface area contributed by atoms with Crippen molar-refractivity contribution in [1.29, 1.82) is 0 Å². The molecule has 0 bridgehead atoms. The molecule has 0 aliphatic carbocycles. The van der Waals surface area contributed by atoms with E-state index in [9.17, 15) is 0 Å². The van der Waals surface area contributed by atoms with Gasteiger partial charge in [0.1, 0.15) is 0 Å². The van der Waals surface area contributed by atoms with Gasteiger partial charge in [-0.2, -0.15) is 0 Å². The molecule has 0 radical (unpaired) electrons. The van der Waals surface area contributed by atoms with Gasteiger partial charge in [-0.1, -0.05) is 109 Å². The van der Waals surface area contributed by atoms with Crippen molar-refractivity contribution in [2.45, 2.75) is 0 Å². The zero-order valence-corrected chi connectivity index (χ0v) is 22.8. The van der Waals surface area contributed by atoms with Gasteiger partial charge in [-0.25, -0.2) is 15.0 Å². The van der Waals surface area contributed by atoms with Crippen LogP contribution in [-0.4, -0.2) is 21.5 Å². The lowest BCUT2D eigenvalue weighted by molar-refractivity contribution is 1.23. The van der Waals surface area contributed by atoms with E-state index in [4.69, 9.17) is 15.0 Å². The maximum Gasteiger partial charge on any atom is 0.160 e. The van der Waals surface area contributed by atoms with Gasteiger partial charge in [0, 0.05) is 45.3 Å². The van der Waals surface area contributed by atoms with Crippen molar-refractivity contribution in [2.75, 3.05) is 11.9 Å². The maximum atomic E-state index is 5.19. The lowest BCUT2D eigenvalue weighted by atomic mass is 9.97. The highest BCUT2D eigenvalue weighted by molar-refractivity contribution is 6.11. The predicted octanol–water partition coefficient (Wildman–Crippen LogP) is 9.28. The third kappa shape index (κ3) is 4.30. The summed E-state index contributed by atoms with van der Waals surface area (Å²) < 4.78 is 0. The van der Waals surface area contributed by atoms with Crippen LogP contribution in [-0.2, 0) is 0 Å². The van der Waals surface area contributed by atoms with Crippen LogP contribution in [0.15, 0.2) is 133 Å². The van der Waals surface area contributed by atoms with Crippen LogP contribution in [0.3, 0.4) is 0 Å². The predicted molar refractivity (Wildman–Crippen MR) is 174 cm³/mol. The van der Waals surface area contributed by atoms with Gasteiger partial charge in [-0.15, -0.1) is 0 Å². The Hall–Kier alpha value is -5.61. The van der Waals surface area contributed by atoms with E-state index < -0.39 is 0 Å². The summed E-state index contributed by atoms with van der Waals surface area (Å²) in [5.74, 6) is 0.714. The summed E-state index contributed by atoms with van der Waals surface area (Å²) in [7, 11) is 0. The molecule has 1 N–H and O–H groups in total. The minimum absolute atomic E-state index is 0.714. The Morgan fingerprint density at radius 1 is 0.524 bits per heavy atom. The monoisotopic (exact) mass is 538 g/mol. The molecular formula is C38H26N4. The topological polar surface area (TPSA) is 50.7 Å². The molecule has 7 aromatic rings. The number of hydrogen-bond donors (Lipinski definition) is 1. The molecule has 198 valence electrons. The second kappa shape index (κ2) is 10.1. The van der Waals surface area contributed by atoms with Crippen LogP contribution in [0.1, 0.15) is 5.56 Å². The molecule has 0 amide bonds. The summed E-state index contributed by atoms with van der Waals surface area (Å²) in [6.45, 7) is 0.823. The number of pyridine rings is 1. The minimum atomic E-state index is 0.714. The first kappa shape index (κ1) is 24.2. The summed E-state index contributed by atoms with van der Waals surface area (Å²) in [6.07, 6.45) is 4.31. The van der Waals surface area contributed by atoms with Gasteiger partial charge >= 0.3 is 0 Å². The van der Waals surface area contributed by atoms with E-state index in [-0.39, 0.29) is 0 Å². The fraction of sp³-hybridized carbons (Fsp3) is 0.0263. The van der Waals surface area contributed by atoms with Gasteiger partial charge in [0.25, 0.3) is 0 Å². The van der Waals surface area contributed by atoms with E-state index in [0.717, 1.165) is 73.2 Å². The van der Waals surface area contributed by atoms with Crippen molar-refractivity contribution < 1.29 is 0 Å². The number of hydrogen-bond acceptors (Lipinski definition) is 4.